The molecule has 0 unspecified atom stereocenters. The van der Waals surface area contributed by atoms with Crippen molar-refractivity contribution in [3.8, 4) is 11.3 Å². The molecule has 0 amide bonds. The van der Waals surface area contributed by atoms with Gasteiger partial charge in [0.25, 0.3) is 0 Å². The maximum Gasteiger partial charge on any atom is 0.508 e. The molecule has 9 heteroatoms. The third kappa shape index (κ3) is 6.38. The third-order valence-electron chi connectivity index (χ3n) is 6.86. The van der Waals surface area contributed by atoms with Crippen LogP contribution in [-0.4, -0.2) is 39.6 Å². The smallest absolute Gasteiger partial charge is 0.437 e. The van der Waals surface area contributed by atoms with Crippen molar-refractivity contribution in [1.29, 1.82) is 0 Å². The number of furan rings is 1. The molecular weight excluding hydrogens is 500 g/mol. The lowest BCUT2D eigenvalue weighted by Crippen LogP contribution is -2.30. The van der Waals surface area contributed by atoms with E-state index >= 15 is 0 Å². The number of carbonyl (C=O) groups excluding carboxylic acids is 1. The molecule has 1 fully saturated rings. The summed E-state index contributed by atoms with van der Waals surface area (Å²) in [6, 6.07) is 19.3. The van der Waals surface area contributed by atoms with Crippen LogP contribution in [0, 0.1) is 0 Å². The van der Waals surface area contributed by atoms with Gasteiger partial charge in [0, 0.05) is 18.2 Å². The first-order chi connectivity index (χ1) is 19.0. The average Bonchev–Trinajstić information content (AvgIpc) is 3.56. The molecule has 3 atom stereocenters. The van der Waals surface area contributed by atoms with E-state index in [4.69, 9.17) is 18.6 Å². The fourth-order valence-corrected chi connectivity index (χ4v) is 4.72. The summed E-state index contributed by atoms with van der Waals surface area (Å²) < 4.78 is 23.7. The number of nitrogens with zero attached hydrogens (tertiary/aromatic N) is 2. The number of aryl methyl sites for hydroxylation is 1. The molecule has 204 valence electrons. The highest BCUT2D eigenvalue weighted by Gasteiger charge is 2.39. The van der Waals surface area contributed by atoms with Crippen LogP contribution in [-0.2, 0) is 27.2 Å². The van der Waals surface area contributed by atoms with Gasteiger partial charge in [0.05, 0.1) is 12.0 Å². The highest BCUT2D eigenvalue weighted by atomic mass is 16.7. The zero-order valence-electron chi connectivity index (χ0n) is 21.8. The summed E-state index contributed by atoms with van der Waals surface area (Å²) in [6.45, 7) is 1.86. The highest BCUT2D eigenvalue weighted by Crippen LogP contribution is 2.32. The molecule has 1 N–H and O–H groups in total. The van der Waals surface area contributed by atoms with Crippen molar-refractivity contribution in [3.05, 3.63) is 88.5 Å². The molecule has 0 radical (unpaired) electrons. The van der Waals surface area contributed by atoms with E-state index in [0.717, 1.165) is 24.0 Å². The first-order valence-corrected chi connectivity index (χ1v) is 13.3. The number of unbranched alkanes of at least 4 members (excludes halogenated alkanes) is 2. The Bertz CT molecular complexity index is 1450. The lowest BCUT2D eigenvalue weighted by molar-refractivity contribution is -0.0581. The first-order valence-electron chi connectivity index (χ1n) is 13.3. The Morgan fingerprint density at radius 1 is 1.10 bits per heavy atom. The van der Waals surface area contributed by atoms with Crippen LogP contribution < -0.4 is 5.69 Å². The first kappa shape index (κ1) is 26.6. The monoisotopic (exact) mass is 532 g/mol. The summed E-state index contributed by atoms with van der Waals surface area (Å²) >= 11 is 0. The van der Waals surface area contributed by atoms with E-state index in [1.165, 1.54) is 23.0 Å². The van der Waals surface area contributed by atoms with Crippen LogP contribution in [0.25, 0.3) is 22.4 Å². The van der Waals surface area contributed by atoms with Crippen LogP contribution in [0.2, 0.25) is 0 Å². The van der Waals surface area contributed by atoms with Crippen molar-refractivity contribution >= 4 is 17.3 Å². The van der Waals surface area contributed by atoms with Gasteiger partial charge in [0.2, 0.25) is 5.71 Å². The third-order valence-corrected chi connectivity index (χ3v) is 6.86. The van der Waals surface area contributed by atoms with Gasteiger partial charge in [-0.1, -0.05) is 74.4 Å². The molecule has 2 aromatic heterocycles. The average molecular weight is 533 g/mol. The Balaban J connectivity index is 1.27. The van der Waals surface area contributed by atoms with Crippen LogP contribution in [0.4, 0.5) is 4.79 Å². The largest absolute Gasteiger partial charge is 0.508 e. The fourth-order valence-electron chi connectivity index (χ4n) is 4.72. The predicted molar refractivity (Wildman–Crippen MR) is 144 cm³/mol. The van der Waals surface area contributed by atoms with Gasteiger partial charge in [-0.05, 0) is 30.0 Å². The van der Waals surface area contributed by atoms with Gasteiger partial charge in [-0.25, -0.2) is 9.59 Å². The van der Waals surface area contributed by atoms with Crippen LogP contribution in [0.5, 0.6) is 0 Å². The number of aromatic nitrogens is 2. The van der Waals surface area contributed by atoms with Crippen LogP contribution in [0.1, 0.15) is 50.0 Å². The van der Waals surface area contributed by atoms with Gasteiger partial charge in [-0.2, -0.15) is 4.98 Å². The molecule has 0 spiro atoms. The van der Waals surface area contributed by atoms with Crippen LogP contribution in [0.3, 0.4) is 0 Å². The summed E-state index contributed by atoms with van der Waals surface area (Å²) in [5.41, 5.74) is 2.66. The van der Waals surface area contributed by atoms with Crippen molar-refractivity contribution in [3.63, 3.8) is 0 Å². The minimum atomic E-state index is -0.872. The zero-order valence-corrected chi connectivity index (χ0v) is 21.8. The maximum atomic E-state index is 12.8. The number of aliphatic hydroxyl groups excluding tert-OH is 1. The minimum absolute atomic E-state index is 0.0604. The molecule has 4 aromatic rings. The van der Waals surface area contributed by atoms with E-state index in [1.54, 1.807) is 6.20 Å². The second-order valence-corrected chi connectivity index (χ2v) is 9.68. The summed E-state index contributed by atoms with van der Waals surface area (Å²) in [5.74, 6) is 0.609. The quantitative estimate of drug-likeness (QED) is 0.214. The normalized spacial score (nSPS) is 18.9. The van der Waals surface area contributed by atoms with Crippen LogP contribution in [0.15, 0.2) is 76.1 Å². The SMILES string of the molecule is CCCCCc1ccc(-c2cc3cn([C@H]4C[C@H](OC(=O)OCc5ccccc5)[C@@H](CO)O4)c(=O)nc3o2)cc1. The second-order valence-electron chi connectivity index (χ2n) is 9.68. The summed E-state index contributed by atoms with van der Waals surface area (Å²) in [6.07, 6.45) is 3.13. The van der Waals surface area contributed by atoms with Crippen molar-refractivity contribution in [2.45, 2.75) is 64.1 Å². The molecule has 5 rings (SSSR count). The Hall–Kier alpha value is -3.95. The van der Waals surface area contributed by atoms with Gasteiger partial charge < -0.3 is 23.7 Å². The van der Waals surface area contributed by atoms with Crippen molar-refractivity contribution in [1.82, 2.24) is 9.55 Å². The van der Waals surface area contributed by atoms with E-state index in [9.17, 15) is 14.7 Å². The highest BCUT2D eigenvalue weighted by molar-refractivity contribution is 5.79. The molecule has 39 heavy (non-hydrogen) atoms. The molecule has 1 aliphatic heterocycles. The van der Waals surface area contributed by atoms with E-state index in [-0.39, 0.29) is 25.3 Å². The number of aliphatic hydroxyl groups is 1. The van der Waals surface area contributed by atoms with Crippen LogP contribution >= 0.6 is 0 Å². The lowest BCUT2D eigenvalue weighted by Gasteiger charge is -2.16. The van der Waals surface area contributed by atoms with Crippen molar-refractivity contribution in [2.24, 2.45) is 0 Å². The van der Waals surface area contributed by atoms with E-state index in [2.05, 4.69) is 24.0 Å². The Morgan fingerprint density at radius 2 is 1.90 bits per heavy atom. The number of benzene rings is 2. The topological polar surface area (TPSA) is 113 Å². The van der Waals surface area contributed by atoms with Gasteiger partial charge in [-0.15, -0.1) is 0 Å². The van der Waals surface area contributed by atoms with Crippen molar-refractivity contribution < 1.29 is 28.5 Å². The maximum absolute atomic E-state index is 12.8. The predicted octanol–water partition coefficient (Wildman–Crippen LogP) is 5.39. The Morgan fingerprint density at radius 3 is 2.64 bits per heavy atom. The van der Waals surface area contributed by atoms with Gasteiger partial charge in [0.15, 0.2) is 0 Å². The molecular formula is C30H32N2O7. The van der Waals surface area contributed by atoms with E-state index in [1.807, 2.05) is 48.5 Å². The van der Waals surface area contributed by atoms with Gasteiger partial charge >= 0.3 is 11.8 Å². The zero-order chi connectivity index (χ0) is 27.2. The Labute approximate surface area is 226 Å². The molecule has 3 heterocycles. The number of ether oxygens (including phenoxy) is 3. The van der Waals surface area contributed by atoms with Gasteiger partial charge in [0.1, 0.15) is 30.8 Å². The standard InChI is InChI=1S/C30H32N2O7/c1-2-3-5-8-20-11-13-22(14-12-20)24-15-23-17-32(29(34)31-28(23)38-24)27-16-25(26(18-33)37-27)39-30(35)36-19-21-9-6-4-7-10-21/h4,6-7,9-15,17,25-27,33H,2-3,5,8,16,18-19H2,1H3/t25-,26+,27+/m0/s1. The second kappa shape index (κ2) is 12.3. The fraction of sp³-hybridized carbons (Fsp3) is 0.367. The molecule has 1 aliphatic rings. The number of rotatable bonds is 10. The lowest BCUT2D eigenvalue weighted by atomic mass is 10.0. The Kier molecular flexibility index (Phi) is 8.39. The molecule has 9 nitrogen and oxygen atoms in total. The number of carbonyl (C=O) groups is 1. The molecule has 0 saturated carbocycles. The van der Waals surface area contributed by atoms with Gasteiger partial charge in [-0.3, -0.25) is 4.57 Å². The summed E-state index contributed by atoms with van der Waals surface area (Å²) in [5, 5.41) is 10.4. The molecule has 1 saturated heterocycles. The van der Waals surface area contributed by atoms with E-state index < -0.39 is 30.3 Å². The summed E-state index contributed by atoms with van der Waals surface area (Å²) in [4.78, 5) is 29.2. The molecule has 2 aromatic carbocycles. The number of fused-ring (bicyclic) bond motifs is 1. The minimum Gasteiger partial charge on any atom is -0.437 e. The van der Waals surface area contributed by atoms with E-state index in [0.29, 0.717) is 11.1 Å². The number of hydrogen-bond donors (Lipinski definition) is 1. The summed E-state index contributed by atoms with van der Waals surface area (Å²) in [7, 11) is 0. The molecule has 0 bridgehead atoms. The van der Waals surface area contributed by atoms with Crippen molar-refractivity contribution in [2.75, 3.05) is 6.61 Å². The molecule has 0 aliphatic carbocycles. The number of hydrogen-bond acceptors (Lipinski definition) is 8.